The van der Waals surface area contributed by atoms with Crippen molar-refractivity contribution in [2.45, 2.75) is 46.1 Å². The third-order valence-corrected chi connectivity index (χ3v) is 7.32. The number of imidazole rings is 1. The number of nitrogens with one attached hydrogen (secondary N) is 2. The number of hydrogen-bond acceptors (Lipinski definition) is 2. The molecule has 2 bridgehead atoms. The molecule has 0 saturated heterocycles. The maximum atomic E-state index is 12.8. The fourth-order valence-corrected chi connectivity index (χ4v) is 5.47. The second-order valence-electron chi connectivity index (χ2n) is 8.19. The molecule has 23 heavy (non-hydrogen) atoms. The zero-order valence-corrected chi connectivity index (χ0v) is 13.8. The Bertz CT molecular complexity index is 991. The van der Waals surface area contributed by atoms with Gasteiger partial charge in [-0.05, 0) is 42.1 Å². The number of aromatic nitrogens is 4. The Labute approximate surface area is 134 Å². The minimum absolute atomic E-state index is 0.00470. The molecule has 5 heteroatoms. The largest absolute Gasteiger partial charge is 0.346 e. The van der Waals surface area contributed by atoms with Crippen molar-refractivity contribution in [1.82, 2.24) is 19.5 Å². The average Bonchev–Trinajstić information content (AvgIpc) is 3.18. The Morgan fingerprint density at radius 1 is 1.35 bits per heavy atom. The van der Waals surface area contributed by atoms with Gasteiger partial charge in [0.1, 0.15) is 5.65 Å². The first kappa shape index (κ1) is 13.4. The molecule has 1 unspecified atom stereocenters. The first-order valence-corrected chi connectivity index (χ1v) is 8.50. The SMILES string of the molecule is CC1(C)[C@@H]2CCC1(C)[C@@H](n1c(=O)[nH]c3cnc4[nH]ccc4c31)C2. The lowest BCUT2D eigenvalue weighted by Crippen LogP contribution is -2.37. The van der Waals surface area contributed by atoms with E-state index in [9.17, 15) is 4.79 Å². The van der Waals surface area contributed by atoms with Crippen molar-refractivity contribution < 1.29 is 0 Å². The van der Waals surface area contributed by atoms with Gasteiger partial charge in [0, 0.05) is 17.6 Å². The van der Waals surface area contributed by atoms with Crippen molar-refractivity contribution in [3.63, 3.8) is 0 Å². The fourth-order valence-electron chi connectivity index (χ4n) is 5.47. The highest BCUT2D eigenvalue weighted by Crippen LogP contribution is 2.69. The van der Waals surface area contributed by atoms with Crippen LogP contribution in [0.1, 0.15) is 46.1 Å². The van der Waals surface area contributed by atoms with Crippen LogP contribution in [0.2, 0.25) is 0 Å². The monoisotopic (exact) mass is 310 g/mol. The predicted octanol–water partition coefficient (Wildman–Crippen LogP) is 3.59. The molecule has 5 rings (SSSR count). The number of pyridine rings is 1. The average molecular weight is 310 g/mol. The smallest absolute Gasteiger partial charge is 0.326 e. The highest BCUT2D eigenvalue weighted by molar-refractivity contribution is 6.00. The van der Waals surface area contributed by atoms with Crippen molar-refractivity contribution >= 4 is 22.1 Å². The van der Waals surface area contributed by atoms with Crippen molar-refractivity contribution in [1.29, 1.82) is 0 Å². The summed E-state index contributed by atoms with van der Waals surface area (Å²) in [5.41, 5.74) is 3.15. The molecule has 120 valence electrons. The molecule has 2 fully saturated rings. The quantitative estimate of drug-likeness (QED) is 0.721. The highest BCUT2D eigenvalue weighted by atomic mass is 16.1. The Balaban J connectivity index is 1.83. The second kappa shape index (κ2) is 3.89. The van der Waals surface area contributed by atoms with Gasteiger partial charge in [0.05, 0.1) is 17.2 Å². The first-order chi connectivity index (χ1) is 10.9. The number of nitrogens with zero attached hydrogens (tertiary/aromatic N) is 2. The van der Waals surface area contributed by atoms with Gasteiger partial charge in [-0.15, -0.1) is 0 Å². The van der Waals surface area contributed by atoms with E-state index in [1.807, 2.05) is 16.8 Å². The fraction of sp³-hybridized carbons (Fsp3) is 0.556. The molecule has 0 aromatic carbocycles. The molecule has 2 saturated carbocycles. The Morgan fingerprint density at radius 2 is 2.17 bits per heavy atom. The van der Waals surface area contributed by atoms with Crippen LogP contribution in [-0.4, -0.2) is 19.5 Å². The van der Waals surface area contributed by atoms with E-state index in [-0.39, 0.29) is 22.6 Å². The van der Waals surface area contributed by atoms with Gasteiger partial charge in [0.15, 0.2) is 0 Å². The van der Waals surface area contributed by atoms with E-state index in [4.69, 9.17) is 0 Å². The van der Waals surface area contributed by atoms with E-state index in [2.05, 4.69) is 35.7 Å². The van der Waals surface area contributed by atoms with Gasteiger partial charge in [-0.3, -0.25) is 4.57 Å². The van der Waals surface area contributed by atoms with E-state index in [1.165, 1.54) is 12.8 Å². The number of H-pyrrole nitrogens is 2. The van der Waals surface area contributed by atoms with Crippen LogP contribution >= 0.6 is 0 Å². The number of aromatic amines is 2. The third-order valence-electron chi connectivity index (χ3n) is 7.32. The molecule has 0 spiro atoms. The van der Waals surface area contributed by atoms with E-state index in [0.717, 1.165) is 28.5 Å². The summed E-state index contributed by atoms with van der Waals surface area (Å²) >= 11 is 0. The zero-order valence-electron chi connectivity index (χ0n) is 13.8. The van der Waals surface area contributed by atoms with Crippen LogP contribution in [0.15, 0.2) is 23.3 Å². The molecule has 2 aliphatic rings. The molecule has 0 amide bonds. The van der Waals surface area contributed by atoms with Gasteiger partial charge in [-0.25, -0.2) is 9.78 Å². The van der Waals surface area contributed by atoms with E-state index < -0.39 is 0 Å². The number of fused-ring (bicyclic) bond motifs is 5. The summed E-state index contributed by atoms with van der Waals surface area (Å²) in [6.45, 7) is 7.15. The molecular weight excluding hydrogens is 288 g/mol. The van der Waals surface area contributed by atoms with Gasteiger partial charge < -0.3 is 9.97 Å². The van der Waals surface area contributed by atoms with Gasteiger partial charge in [0.2, 0.25) is 0 Å². The van der Waals surface area contributed by atoms with Crippen LogP contribution in [0.4, 0.5) is 0 Å². The van der Waals surface area contributed by atoms with Crippen molar-refractivity contribution in [3.05, 3.63) is 28.9 Å². The second-order valence-corrected chi connectivity index (χ2v) is 8.19. The predicted molar refractivity (Wildman–Crippen MR) is 90.5 cm³/mol. The molecule has 3 heterocycles. The highest BCUT2D eigenvalue weighted by Gasteiger charge is 2.62. The first-order valence-electron chi connectivity index (χ1n) is 8.50. The summed E-state index contributed by atoms with van der Waals surface area (Å²) in [7, 11) is 0. The van der Waals surface area contributed by atoms with E-state index in [1.54, 1.807) is 6.20 Å². The van der Waals surface area contributed by atoms with Crippen LogP contribution in [0, 0.1) is 16.7 Å². The molecule has 0 radical (unpaired) electrons. The molecule has 2 N–H and O–H groups in total. The molecule has 3 atom stereocenters. The molecule has 3 aromatic rings. The van der Waals surface area contributed by atoms with Gasteiger partial charge in [0.25, 0.3) is 0 Å². The Kier molecular flexibility index (Phi) is 2.27. The van der Waals surface area contributed by atoms with Crippen LogP contribution in [0.3, 0.4) is 0 Å². The van der Waals surface area contributed by atoms with Crippen molar-refractivity contribution in [2.24, 2.45) is 16.7 Å². The van der Waals surface area contributed by atoms with Crippen LogP contribution < -0.4 is 5.69 Å². The van der Waals surface area contributed by atoms with E-state index >= 15 is 0 Å². The van der Waals surface area contributed by atoms with Crippen LogP contribution in [-0.2, 0) is 0 Å². The number of hydrogen-bond donors (Lipinski definition) is 2. The lowest BCUT2D eigenvalue weighted by atomic mass is 9.69. The lowest BCUT2D eigenvalue weighted by molar-refractivity contribution is 0.108. The summed E-state index contributed by atoms with van der Waals surface area (Å²) in [5, 5.41) is 1.03. The summed E-state index contributed by atoms with van der Waals surface area (Å²) in [5.74, 6) is 0.706. The summed E-state index contributed by atoms with van der Waals surface area (Å²) in [4.78, 5) is 23.4. The normalized spacial score (nSPS) is 32.3. The van der Waals surface area contributed by atoms with Crippen molar-refractivity contribution in [2.75, 3.05) is 0 Å². The molecule has 3 aromatic heterocycles. The van der Waals surface area contributed by atoms with Gasteiger partial charge in [-0.2, -0.15) is 0 Å². The maximum absolute atomic E-state index is 12.8. The molecule has 5 nitrogen and oxygen atoms in total. The summed E-state index contributed by atoms with van der Waals surface area (Å²) < 4.78 is 2.04. The third kappa shape index (κ3) is 1.39. The Hall–Kier alpha value is -2.04. The lowest BCUT2D eigenvalue weighted by Gasteiger charge is -2.39. The van der Waals surface area contributed by atoms with Gasteiger partial charge in [-0.1, -0.05) is 20.8 Å². The van der Waals surface area contributed by atoms with Gasteiger partial charge >= 0.3 is 5.69 Å². The minimum Gasteiger partial charge on any atom is -0.346 e. The minimum atomic E-state index is 0.00470. The van der Waals surface area contributed by atoms with Crippen LogP contribution in [0.5, 0.6) is 0 Å². The van der Waals surface area contributed by atoms with E-state index in [0.29, 0.717) is 5.92 Å². The summed E-state index contributed by atoms with van der Waals surface area (Å²) in [6.07, 6.45) is 7.26. The standard InChI is InChI=1S/C18H22N4O/c1-17(2)10-4-6-18(17,3)13(8-10)22-14-11-5-7-19-15(11)20-9-12(14)21-16(22)23/h5,7,9-10,13H,4,6,8H2,1-3H3,(H,19,20)(H,21,23)/t10-,13+,18?/m1/s1. The Morgan fingerprint density at radius 3 is 2.87 bits per heavy atom. The zero-order chi connectivity index (χ0) is 16.0. The number of rotatable bonds is 1. The maximum Gasteiger partial charge on any atom is 0.326 e. The van der Waals surface area contributed by atoms with Crippen LogP contribution in [0.25, 0.3) is 22.1 Å². The topological polar surface area (TPSA) is 66.5 Å². The van der Waals surface area contributed by atoms with Crippen molar-refractivity contribution in [3.8, 4) is 0 Å². The molecule has 2 aliphatic carbocycles. The summed E-state index contributed by atoms with van der Waals surface area (Å²) in [6, 6.07) is 2.28. The molecule has 0 aliphatic heterocycles. The molecular formula is C18H22N4O.